The van der Waals surface area contributed by atoms with E-state index in [9.17, 15) is 9.90 Å². The molecule has 4 heteroatoms. The van der Waals surface area contributed by atoms with Crippen molar-refractivity contribution >= 4 is 17.4 Å². The number of anilines is 1. The van der Waals surface area contributed by atoms with Gasteiger partial charge in [-0.05, 0) is 36.1 Å². The molecule has 3 rings (SSSR count). The fourth-order valence-electron chi connectivity index (χ4n) is 3.19. The lowest BCUT2D eigenvalue weighted by Gasteiger charge is -2.27. The minimum atomic E-state index is -0.840. The Hall–Kier alpha value is -2.62. The van der Waals surface area contributed by atoms with Crippen molar-refractivity contribution in [1.82, 2.24) is 0 Å². The summed E-state index contributed by atoms with van der Waals surface area (Å²) in [7, 11) is 0. The molecule has 0 bridgehead atoms. The van der Waals surface area contributed by atoms with Gasteiger partial charge in [0, 0.05) is 0 Å². The quantitative estimate of drug-likeness (QED) is 0.905. The van der Waals surface area contributed by atoms with Crippen LogP contribution in [0.2, 0.25) is 0 Å². The van der Waals surface area contributed by atoms with E-state index in [2.05, 4.69) is 31.1 Å². The molecule has 1 heterocycles. The number of benzene rings is 2. The van der Waals surface area contributed by atoms with Crippen molar-refractivity contribution in [2.24, 2.45) is 11.0 Å². The van der Waals surface area contributed by atoms with Gasteiger partial charge in [-0.2, -0.15) is 5.10 Å². The molecule has 2 atom stereocenters. The summed E-state index contributed by atoms with van der Waals surface area (Å²) in [6.07, 6.45) is 0. The van der Waals surface area contributed by atoms with E-state index in [1.807, 2.05) is 47.5 Å². The second-order valence-corrected chi connectivity index (χ2v) is 6.50. The highest BCUT2D eigenvalue weighted by Crippen LogP contribution is 2.39. The van der Waals surface area contributed by atoms with Crippen LogP contribution in [0.3, 0.4) is 0 Å². The van der Waals surface area contributed by atoms with E-state index < -0.39 is 11.9 Å². The summed E-state index contributed by atoms with van der Waals surface area (Å²) in [5.41, 5.74) is 3.74. The molecule has 2 aromatic carbocycles. The van der Waals surface area contributed by atoms with Gasteiger partial charge in [0.25, 0.3) is 0 Å². The van der Waals surface area contributed by atoms with Crippen molar-refractivity contribution in [3.63, 3.8) is 0 Å². The van der Waals surface area contributed by atoms with Crippen molar-refractivity contribution < 1.29 is 9.90 Å². The van der Waals surface area contributed by atoms with Gasteiger partial charge >= 0.3 is 5.97 Å². The Kier molecular flexibility index (Phi) is 4.38. The highest BCUT2D eigenvalue weighted by atomic mass is 16.4. The molecule has 0 fully saturated rings. The molecule has 4 nitrogen and oxygen atoms in total. The van der Waals surface area contributed by atoms with Gasteiger partial charge in [-0.15, -0.1) is 0 Å². The van der Waals surface area contributed by atoms with Crippen molar-refractivity contribution in [2.45, 2.75) is 32.7 Å². The number of hydrogen-bond donors (Lipinski definition) is 1. The summed E-state index contributed by atoms with van der Waals surface area (Å²) in [5, 5.41) is 16.1. The van der Waals surface area contributed by atoms with Crippen LogP contribution in [0.4, 0.5) is 5.69 Å². The Bertz CT molecular complexity index is 751. The highest BCUT2D eigenvalue weighted by Gasteiger charge is 2.41. The molecule has 24 heavy (non-hydrogen) atoms. The van der Waals surface area contributed by atoms with Crippen LogP contribution >= 0.6 is 0 Å². The molecule has 1 N–H and O–H groups in total. The summed E-state index contributed by atoms with van der Waals surface area (Å²) < 4.78 is 0. The second-order valence-electron chi connectivity index (χ2n) is 6.50. The Morgan fingerprint density at radius 3 is 2.25 bits per heavy atom. The minimum absolute atomic E-state index is 0.328. The lowest BCUT2D eigenvalue weighted by molar-refractivity contribution is -0.139. The molecule has 1 aliphatic heterocycles. The molecular weight excluding hydrogens is 300 g/mol. The van der Waals surface area contributed by atoms with Crippen LogP contribution in [0.5, 0.6) is 0 Å². The van der Waals surface area contributed by atoms with Crippen molar-refractivity contribution in [1.29, 1.82) is 0 Å². The molecule has 0 amide bonds. The normalized spacial score (nSPS) is 20.3. The van der Waals surface area contributed by atoms with E-state index in [-0.39, 0.29) is 6.04 Å². The van der Waals surface area contributed by atoms with Gasteiger partial charge in [-0.25, -0.2) is 0 Å². The van der Waals surface area contributed by atoms with E-state index in [4.69, 9.17) is 0 Å². The maximum absolute atomic E-state index is 11.8. The number of carboxylic acid groups (broad SMARTS) is 1. The van der Waals surface area contributed by atoms with Crippen molar-refractivity contribution in [3.8, 4) is 0 Å². The number of hydrogen-bond acceptors (Lipinski definition) is 3. The summed E-state index contributed by atoms with van der Waals surface area (Å²) in [6.45, 7) is 6.08. The van der Waals surface area contributed by atoms with Crippen LogP contribution < -0.4 is 5.01 Å². The smallest absolute Gasteiger partial charge is 0.314 e. The van der Waals surface area contributed by atoms with Gasteiger partial charge in [0.05, 0.1) is 17.4 Å². The summed E-state index contributed by atoms with van der Waals surface area (Å²) >= 11 is 0. The van der Waals surface area contributed by atoms with Gasteiger partial charge in [0.2, 0.25) is 0 Å². The SMILES string of the molecule is CC1=NN(c2ccccc2)C(c2ccc(C(C)C)cc2)C1C(=O)O. The van der Waals surface area contributed by atoms with Crippen LogP contribution in [0.1, 0.15) is 43.9 Å². The number of nitrogens with zero attached hydrogens (tertiary/aromatic N) is 2. The number of para-hydroxylation sites is 1. The van der Waals surface area contributed by atoms with Gasteiger partial charge < -0.3 is 5.11 Å². The van der Waals surface area contributed by atoms with Gasteiger partial charge in [-0.3, -0.25) is 9.80 Å². The number of carboxylic acids is 1. The fourth-order valence-corrected chi connectivity index (χ4v) is 3.19. The number of carbonyl (C=O) groups is 1. The molecule has 0 saturated heterocycles. The summed E-state index contributed by atoms with van der Waals surface area (Å²) in [5.74, 6) is -1.04. The maximum Gasteiger partial charge on any atom is 0.314 e. The van der Waals surface area contributed by atoms with E-state index in [0.717, 1.165) is 11.3 Å². The van der Waals surface area contributed by atoms with Crippen molar-refractivity contribution in [2.75, 3.05) is 5.01 Å². The highest BCUT2D eigenvalue weighted by molar-refractivity contribution is 6.03. The van der Waals surface area contributed by atoms with Crippen LogP contribution in [-0.2, 0) is 4.79 Å². The number of aliphatic carboxylic acids is 1. The van der Waals surface area contributed by atoms with Crippen LogP contribution in [0.15, 0.2) is 59.7 Å². The molecule has 0 aliphatic carbocycles. The first-order chi connectivity index (χ1) is 11.5. The predicted octanol–water partition coefficient (Wildman–Crippen LogP) is 4.45. The van der Waals surface area contributed by atoms with Gasteiger partial charge in [0.15, 0.2) is 0 Å². The third-order valence-corrected chi connectivity index (χ3v) is 4.53. The first-order valence-electron chi connectivity index (χ1n) is 8.21. The summed E-state index contributed by atoms with van der Waals surface area (Å²) in [4.78, 5) is 11.8. The van der Waals surface area contributed by atoms with Gasteiger partial charge in [0.1, 0.15) is 5.92 Å². The first-order valence-corrected chi connectivity index (χ1v) is 8.21. The monoisotopic (exact) mass is 322 g/mol. The molecule has 0 spiro atoms. The zero-order valence-corrected chi connectivity index (χ0v) is 14.2. The molecule has 124 valence electrons. The minimum Gasteiger partial charge on any atom is -0.481 e. The molecule has 0 saturated carbocycles. The zero-order valence-electron chi connectivity index (χ0n) is 14.2. The van der Waals surface area contributed by atoms with E-state index in [1.54, 1.807) is 6.92 Å². The van der Waals surface area contributed by atoms with Crippen LogP contribution in [0.25, 0.3) is 0 Å². The largest absolute Gasteiger partial charge is 0.481 e. The standard InChI is InChI=1S/C20H22N2O2/c1-13(2)15-9-11-16(12-10-15)19-18(20(23)24)14(3)21-22(19)17-7-5-4-6-8-17/h4-13,18-19H,1-3H3,(H,23,24). The summed E-state index contributed by atoms with van der Waals surface area (Å²) in [6, 6.07) is 17.6. The number of rotatable bonds is 4. The van der Waals surface area contributed by atoms with Gasteiger partial charge in [-0.1, -0.05) is 56.3 Å². The average molecular weight is 322 g/mol. The predicted molar refractivity (Wildman–Crippen MR) is 96.4 cm³/mol. The fraction of sp³-hybridized carbons (Fsp3) is 0.300. The lowest BCUT2D eigenvalue weighted by Crippen LogP contribution is -2.30. The molecule has 1 aliphatic rings. The maximum atomic E-state index is 11.8. The molecule has 2 unspecified atom stereocenters. The second kappa shape index (κ2) is 6.48. The van der Waals surface area contributed by atoms with Crippen LogP contribution in [0, 0.1) is 5.92 Å². The first kappa shape index (κ1) is 16.2. The van der Waals surface area contributed by atoms with Crippen molar-refractivity contribution in [3.05, 3.63) is 65.7 Å². The Balaban J connectivity index is 2.04. The van der Waals surface area contributed by atoms with E-state index in [0.29, 0.717) is 11.6 Å². The Morgan fingerprint density at radius 2 is 1.71 bits per heavy atom. The Morgan fingerprint density at radius 1 is 1.08 bits per heavy atom. The topological polar surface area (TPSA) is 52.9 Å². The van der Waals surface area contributed by atoms with Crippen LogP contribution in [-0.4, -0.2) is 16.8 Å². The Labute approximate surface area is 142 Å². The van der Waals surface area contributed by atoms with E-state index in [1.165, 1.54) is 5.56 Å². The average Bonchev–Trinajstić information content (AvgIpc) is 2.93. The lowest BCUT2D eigenvalue weighted by atomic mass is 9.89. The molecular formula is C20H22N2O2. The number of hydrazone groups is 1. The molecule has 0 aromatic heterocycles. The van der Waals surface area contributed by atoms with E-state index >= 15 is 0 Å². The third kappa shape index (κ3) is 2.92. The molecule has 0 radical (unpaired) electrons. The zero-order chi connectivity index (χ0) is 17.3. The third-order valence-electron chi connectivity index (χ3n) is 4.53. The molecule has 2 aromatic rings.